The Morgan fingerprint density at radius 1 is 1.30 bits per heavy atom. The smallest absolute Gasteiger partial charge is 0.405 e. The number of hydrogen-bond donors (Lipinski definition) is 2. The van der Waals surface area contributed by atoms with E-state index in [9.17, 15) is 9.59 Å². The van der Waals surface area contributed by atoms with Crippen LogP contribution < -0.4 is 10.1 Å². The molecule has 0 saturated carbocycles. The van der Waals surface area contributed by atoms with Gasteiger partial charge in [0, 0.05) is 10.6 Å². The third-order valence-corrected chi connectivity index (χ3v) is 3.56. The predicted molar refractivity (Wildman–Crippen MR) is 75.3 cm³/mol. The Hall–Kier alpha value is -1.89. The van der Waals surface area contributed by atoms with Gasteiger partial charge in [-0.05, 0) is 30.7 Å². The minimum atomic E-state index is -1.24. The van der Waals surface area contributed by atoms with Crippen LogP contribution in [-0.2, 0) is 9.53 Å². The van der Waals surface area contributed by atoms with Gasteiger partial charge in [0.2, 0.25) is 0 Å². The zero-order valence-corrected chi connectivity index (χ0v) is 12.1. The van der Waals surface area contributed by atoms with Gasteiger partial charge >= 0.3 is 12.1 Å². The van der Waals surface area contributed by atoms with Crippen LogP contribution in [0, 0.1) is 0 Å². The second kappa shape index (κ2) is 8.31. The lowest BCUT2D eigenvalue weighted by molar-refractivity contribution is -0.143. The third-order valence-electron chi connectivity index (χ3n) is 2.52. The number of carbonyl (C=O) groups excluding carboxylic acids is 1. The number of thioether (sulfide) groups is 1. The minimum Gasteiger partial charge on any atom is -0.497 e. The van der Waals surface area contributed by atoms with Crippen molar-refractivity contribution in [3.63, 3.8) is 0 Å². The number of rotatable bonds is 7. The number of esters is 1. The monoisotopic (exact) mass is 299 g/mol. The van der Waals surface area contributed by atoms with Gasteiger partial charge in [0.15, 0.2) is 0 Å². The number of methoxy groups -OCH3 is 2. The summed E-state index contributed by atoms with van der Waals surface area (Å²) in [5.74, 6) is 0.781. The number of nitrogens with one attached hydrogen (secondary N) is 1. The molecule has 0 aromatic heterocycles. The number of hydrogen-bond acceptors (Lipinski definition) is 5. The quantitative estimate of drug-likeness (QED) is 0.591. The second-order valence-corrected chi connectivity index (χ2v) is 5.01. The molecule has 1 aromatic carbocycles. The molecule has 1 amide bonds. The molecule has 0 heterocycles. The summed E-state index contributed by atoms with van der Waals surface area (Å²) in [6, 6.07) is 6.65. The van der Waals surface area contributed by atoms with E-state index in [-0.39, 0.29) is 0 Å². The van der Waals surface area contributed by atoms with Crippen LogP contribution in [0.15, 0.2) is 29.2 Å². The van der Waals surface area contributed by atoms with Gasteiger partial charge in [0.05, 0.1) is 14.2 Å². The predicted octanol–water partition coefficient (Wildman–Crippen LogP) is 1.99. The van der Waals surface area contributed by atoms with Crippen LogP contribution in [0.2, 0.25) is 0 Å². The summed E-state index contributed by atoms with van der Waals surface area (Å²) < 4.78 is 9.61. The molecule has 1 atom stereocenters. The molecule has 0 aliphatic rings. The molecule has 0 saturated heterocycles. The lowest BCUT2D eigenvalue weighted by Crippen LogP contribution is -2.41. The van der Waals surface area contributed by atoms with E-state index in [4.69, 9.17) is 9.84 Å². The highest BCUT2D eigenvalue weighted by molar-refractivity contribution is 7.99. The summed E-state index contributed by atoms with van der Waals surface area (Å²) in [7, 11) is 2.83. The van der Waals surface area contributed by atoms with Gasteiger partial charge in [0.25, 0.3) is 0 Å². The fraction of sp³-hybridized carbons (Fsp3) is 0.385. The highest BCUT2D eigenvalue weighted by Gasteiger charge is 2.20. The molecule has 0 unspecified atom stereocenters. The van der Waals surface area contributed by atoms with Crippen LogP contribution in [0.1, 0.15) is 6.42 Å². The molecule has 110 valence electrons. The van der Waals surface area contributed by atoms with Gasteiger partial charge in [-0.1, -0.05) is 0 Å². The Kier molecular flexibility index (Phi) is 6.72. The second-order valence-electron chi connectivity index (χ2n) is 3.84. The Balaban J connectivity index is 2.46. The fourth-order valence-corrected chi connectivity index (χ4v) is 2.42. The Morgan fingerprint density at radius 3 is 2.45 bits per heavy atom. The molecule has 1 rings (SSSR count). The Bertz CT molecular complexity index is 449. The molecule has 0 spiro atoms. The van der Waals surface area contributed by atoms with Crippen molar-refractivity contribution in [2.75, 3.05) is 20.0 Å². The van der Waals surface area contributed by atoms with E-state index < -0.39 is 18.1 Å². The van der Waals surface area contributed by atoms with Gasteiger partial charge < -0.3 is 19.9 Å². The van der Waals surface area contributed by atoms with Crippen molar-refractivity contribution in [2.45, 2.75) is 17.4 Å². The molecule has 0 aliphatic heterocycles. The number of benzene rings is 1. The van der Waals surface area contributed by atoms with E-state index in [1.165, 1.54) is 18.9 Å². The van der Waals surface area contributed by atoms with Gasteiger partial charge in [-0.2, -0.15) is 0 Å². The lowest BCUT2D eigenvalue weighted by Gasteiger charge is -2.14. The van der Waals surface area contributed by atoms with Crippen molar-refractivity contribution in [1.29, 1.82) is 0 Å². The molecule has 1 aromatic rings. The van der Waals surface area contributed by atoms with Crippen molar-refractivity contribution in [3.05, 3.63) is 24.3 Å². The van der Waals surface area contributed by atoms with Crippen LogP contribution in [-0.4, -0.2) is 43.2 Å². The van der Waals surface area contributed by atoms with E-state index in [0.29, 0.717) is 12.2 Å². The summed E-state index contributed by atoms with van der Waals surface area (Å²) in [6.45, 7) is 0. The summed E-state index contributed by atoms with van der Waals surface area (Å²) in [4.78, 5) is 23.0. The molecular weight excluding hydrogens is 282 g/mol. The topological polar surface area (TPSA) is 84.9 Å². The maximum absolute atomic E-state index is 11.4. The zero-order valence-electron chi connectivity index (χ0n) is 11.3. The molecule has 7 heteroatoms. The van der Waals surface area contributed by atoms with Crippen molar-refractivity contribution in [2.24, 2.45) is 0 Å². The van der Waals surface area contributed by atoms with E-state index in [0.717, 1.165) is 10.6 Å². The normalized spacial score (nSPS) is 11.5. The largest absolute Gasteiger partial charge is 0.497 e. The van der Waals surface area contributed by atoms with E-state index in [1.807, 2.05) is 24.3 Å². The molecule has 20 heavy (non-hydrogen) atoms. The summed E-state index contributed by atoms with van der Waals surface area (Å²) in [5.41, 5.74) is 0. The summed E-state index contributed by atoms with van der Waals surface area (Å²) in [6.07, 6.45) is -0.884. The van der Waals surface area contributed by atoms with E-state index >= 15 is 0 Å². The fourth-order valence-electron chi connectivity index (χ4n) is 1.51. The minimum absolute atomic E-state index is 0.357. The Labute approximate surface area is 121 Å². The average molecular weight is 299 g/mol. The molecule has 0 bridgehead atoms. The maximum atomic E-state index is 11.4. The number of amides is 1. The average Bonchev–Trinajstić information content (AvgIpc) is 2.45. The first kappa shape index (κ1) is 16.2. The maximum Gasteiger partial charge on any atom is 0.405 e. The summed E-state index contributed by atoms with van der Waals surface area (Å²) >= 11 is 1.53. The van der Waals surface area contributed by atoms with Crippen molar-refractivity contribution in [3.8, 4) is 5.75 Å². The van der Waals surface area contributed by atoms with Gasteiger partial charge in [-0.15, -0.1) is 11.8 Å². The van der Waals surface area contributed by atoms with Crippen LogP contribution in [0.3, 0.4) is 0 Å². The molecule has 0 radical (unpaired) electrons. The standard InChI is InChI=1S/C13H17NO5S/c1-18-9-3-5-10(6-4-9)20-8-7-11(12(15)19-2)14-13(16)17/h3-6,11,14H,7-8H2,1-2H3,(H,16,17)/t11-/m0/s1. The molecule has 6 nitrogen and oxygen atoms in total. The lowest BCUT2D eigenvalue weighted by atomic mass is 10.2. The van der Waals surface area contributed by atoms with Crippen LogP contribution in [0.25, 0.3) is 0 Å². The Morgan fingerprint density at radius 2 is 1.95 bits per heavy atom. The van der Waals surface area contributed by atoms with Gasteiger partial charge in [0.1, 0.15) is 11.8 Å². The first-order valence-corrected chi connectivity index (χ1v) is 6.89. The molecule has 2 N–H and O–H groups in total. The van der Waals surface area contributed by atoms with Crippen LogP contribution >= 0.6 is 11.8 Å². The number of ether oxygens (including phenoxy) is 2. The summed E-state index contributed by atoms with van der Waals surface area (Å²) in [5, 5.41) is 10.8. The molecule has 0 aliphatic carbocycles. The zero-order chi connectivity index (χ0) is 15.0. The first-order valence-electron chi connectivity index (χ1n) is 5.91. The number of carbonyl (C=O) groups is 2. The van der Waals surface area contributed by atoms with Gasteiger partial charge in [-0.3, -0.25) is 0 Å². The number of carboxylic acid groups (broad SMARTS) is 1. The highest BCUT2D eigenvalue weighted by Crippen LogP contribution is 2.22. The highest BCUT2D eigenvalue weighted by atomic mass is 32.2. The van der Waals surface area contributed by atoms with Gasteiger partial charge in [-0.25, -0.2) is 9.59 Å². The van der Waals surface area contributed by atoms with Crippen LogP contribution in [0.5, 0.6) is 5.75 Å². The SMILES string of the molecule is COC(=O)[C@H](CCSc1ccc(OC)cc1)NC(=O)O. The first-order chi connectivity index (χ1) is 9.56. The molecule has 0 fully saturated rings. The van der Waals surface area contributed by atoms with Crippen molar-refractivity contribution in [1.82, 2.24) is 5.32 Å². The molecular formula is C13H17NO5S. The van der Waals surface area contributed by atoms with E-state index in [2.05, 4.69) is 10.1 Å². The third kappa shape index (κ3) is 5.40. The van der Waals surface area contributed by atoms with Crippen molar-refractivity contribution < 1.29 is 24.2 Å². The van der Waals surface area contributed by atoms with Crippen molar-refractivity contribution >= 4 is 23.8 Å². The van der Waals surface area contributed by atoms with E-state index in [1.54, 1.807) is 7.11 Å². The van der Waals surface area contributed by atoms with Crippen LogP contribution in [0.4, 0.5) is 4.79 Å².